The lowest BCUT2D eigenvalue weighted by Crippen LogP contribution is -2.53. The number of nitrogens with zero attached hydrogens (tertiary/aromatic N) is 4. The topological polar surface area (TPSA) is 58.6 Å². The molecule has 6 heteroatoms. The number of aromatic nitrogens is 2. The Kier molecular flexibility index (Phi) is 5.78. The molecule has 160 valence electrons. The van der Waals surface area contributed by atoms with Crippen molar-refractivity contribution in [1.29, 1.82) is 0 Å². The second-order valence-electron chi connectivity index (χ2n) is 9.15. The summed E-state index contributed by atoms with van der Waals surface area (Å²) in [4.78, 5) is 25.7. The van der Waals surface area contributed by atoms with E-state index in [9.17, 15) is 4.79 Å². The van der Waals surface area contributed by atoms with Gasteiger partial charge < -0.3 is 9.64 Å². The number of fused-ring (bicyclic) bond motifs is 1. The SMILES string of the molecule is CC(=O)N1Cc2cc(C)ccc2OC2(CCN(Cc3cnc(C(C)C)nc3)CC2)C1. The van der Waals surface area contributed by atoms with Crippen LogP contribution >= 0.6 is 0 Å². The van der Waals surface area contributed by atoms with Crippen LogP contribution in [0.4, 0.5) is 0 Å². The van der Waals surface area contributed by atoms with Gasteiger partial charge >= 0.3 is 0 Å². The fourth-order valence-corrected chi connectivity index (χ4v) is 4.41. The molecule has 6 nitrogen and oxygen atoms in total. The van der Waals surface area contributed by atoms with Crippen molar-refractivity contribution in [2.45, 2.75) is 65.1 Å². The van der Waals surface area contributed by atoms with Crippen molar-refractivity contribution in [3.63, 3.8) is 0 Å². The highest BCUT2D eigenvalue weighted by atomic mass is 16.5. The van der Waals surface area contributed by atoms with Gasteiger partial charge in [0.15, 0.2) is 0 Å². The largest absolute Gasteiger partial charge is 0.485 e. The predicted octanol–water partition coefficient (Wildman–Crippen LogP) is 3.68. The van der Waals surface area contributed by atoms with Gasteiger partial charge in [0, 0.05) is 75.4 Å². The Balaban J connectivity index is 1.46. The molecule has 2 aromatic rings. The van der Waals surface area contributed by atoms with Crippen molar-refractivity contribution in [3.05, 3.63) is 53.1 Å². The molecule has 2 aliphatic heterocycles. The standard InChI is InChI=1S/C24H32N4O2/c1-17(2)23-25-12-20(13-26-23)14-27-9-7-24(8-10-27)16-28(19(4)29)15-21-11-18(3)5-6-22(21)30-24/h5-6,11-13,17H,7-10,14-16H2,1-4H3. The molecule has 0 bridgehead atoms. The third-order valence-corrected chi connectivity index (χ3v) is 6.24. The second-order valence-corrected chi connectivity index (χ2v) is 9.15. The Labute approximate surface area is 179 Å². The summed E-state index contributed by atoms with van der Waals surface area (Å²) >= 11 is 0. The van der Waals surface area contributed by atoms with Crippen LogP contribution in [0.3, 0.4) is 0 Å². The molecule has 0 saturated carbocycles. The smallest absolute Gasteiger partial charge is 0.219 e. The van der Waals surface area contributed by atoms with Crippen molar-refractivity contribution in [1.82, 2.24) is 19.8 Å². The Morgan fingerprint density at radius 2 is 1.90 bits per heavy atom. The summed E-state index contributed by atoms with van der Waals surface area (Å²) in [5.41, 5.74) is 3.12. The third kappa shape index (κ3) is 4.48. The minimum absolute atomic E-state index is 0.108. The molecule has 4 rings (SSSR count). The molecule has 1 amide bonds. The van der Waals surface area contributed by atoms with E-state index in [2.05, 4.69) is 53.8 Å². The number of hydrogen-bond donors (Lipinski definition) is 0. The van der Waals surface area contributed by atoms with Gasteiger partial charge in [-0.2, -0.15) is 0 Å². The average Bonchev–Trinajstić information content (AvgIpc) is 2.87. The highest BCUT2D eigenvalue weighted by molar-refractivity contribution is 5.73. The minimum atomic E-state index is -0.319. The van der Waals surface area contributed by atoms with Gasteiger partial charge in [0.25, 0.3) is 0 Å². The summed E-state index contributed by atoms with van der Waals surface area (Å²) < 4.78 is 6.62. The van der Waals surface area contributed by atoms with E-state index in [1.807, 2.05) is 17.3 Å². The number of rotatable bonds is 3. The molecule has 0 aliphatic carbocycles. The molecule has 1 aromatic carbocycles. The first-order chi connectivity index (χ1) is 14.3. The van der Waals surface area contributed by atoms with E-state index in [1.54, 1.807) is 6.92 Å². The van der Waals surface area contributed by atoms with Crippen LogP contribution in [-0.4, -0.2) is 50.9 Å². The lowest BCUT2D eigenvalue weighted by molar-refractivity contribution is -0.132. The van der Waals surface area contributed by atoms with Crippen molar-refractivity contribution < 1.29 is 9.53 Å². The lowest BCUT2D eigenvalue weighted by atomic mass is 9.90. The zero-order valence-corrected chi connectivity index (χ0v) is 18.5. The normalized spacial score (nSPS) is 18.8. The van der Waals surface area contributed by atoms with Crippen LogP contribution in [0.5, 0.6) is 5.75 Å². The van der Waals surface area contributed by atoms with Crippen LogP contribution in [0.15, 0.2) is 30.6 Å². The Morgan fingerprint density at radius 3 is 2.53 bits per heavy atom. The monoisotopic (exact) mass is 408 g/mol. The number of piperidine rings is 1. The highest BCUT2D eigenvalue weighted by Crippen LogP contribution is 2.36. The first kappa shape index (κ1) is 20.8. The number of amides is 1. The van der Waals surface area contributed by atoms with Gasteiger partial charge in [-0.3, -0.25) is 9.69 Å². The number of likely N-dealkylation sites (tertiary alicyclic amines) is 1. The highest BCUT2D eigenvalue weighted by Gasteiger charge is 2.41. The fourth-order valence-electron chi connectivity index (χ4n) is 4.41. The van der Waals surface area contributed by atoms with Crippen LogP contribution in [0.1, 0.15) is 62.0 Å². The summed E-state index contributed by atoms with van der Waals surface area (Å²) in [6.07, 6.45) is 5.69. The Morgan fingerprint density at radius 1 is 1.20 bits per heavy atom. The third-order valence-electron chi connectivity index (χ3n) is 6.24. The van der Waals surface area contributed by atoms with Gasteiger partial charge in [0.05, 0.1) is 6.54 Å². The number of carbonyl (C=O) groups is 1. The maximum atomic E-state index is 12.3. The molecule has 1 saturated heterocycles. The van der Waals surface area contributed by atoms with E-state index in [0.717, 1.165) is 55.2 Å². The van der Waals surface area contributed by atoms with E-state index in [-0.39, 0.29) is 11.5 Å². The quantitative estimate of drug-likeness (QED) is 0.775. The summed E-state index contributed by atoms with van der Waals surface area (Å²) in [6.45, 7) is 11.9. The summed E-state index contributed by atoms with van der Waals surface area (Å²) in [5, 5.41) is 0. The van der Waals surface area contributed by atoms with Gasteiger partial charge in [0.2, 0.25) is 5.91 Å². The van der Waals surface area contributed by atoms with Gasteiger partial charge in [-0.1, -0.05) is 31.5 Å². The molecule has 0 N–H and O–H groups in total. The molecule has 2 aliphatic rings. The molecular formula is C24H32N4O2. The van der Waals surface area contributed by atoms with Crippen LogP contribution < -0.4 is 4.74 Å². The van der Waals surface area contributed by atoms with Crippen LogP contribution in [0, 0.1) is 6.92 Å². The van der Waals surface area contributed by atoms with Crippen LogP contribution in [0.2, 0.25) is 0 Å². The maximum Gasteiger partial charge on any atom is 0.219 e. The van der Waals surface area contributed by atoms with Gasteiger partial charge in [-0.15, -0.1) is 0 Å². The number of carbonyl (C=O) groups excluding carboxylic acids is 1. The van der Waals surface area contributed by atoms with Crippen molar-refractivity contribution >= 4 is 5.91 Å². The van der Waals surface area contributed by atoms with E-state index in [0.29, 0.717) is 19.0 Å². The first-order valence-electron chi connectivity index (χ1n) is 10.9. The van der Waals surface area contributed by atoms with Gasteiger partial charge in [0.1, 0.15) is 17.2 Å². The Hall–Kier alpha value is -2.47. The first-order valence-corrected chi connectivity index (χ1v) is 10.9. The number of hydrogen-bond acceptors (Lipinski definition) is 5. The summed E-state index contributed by atoms with van der Waals surface area (Å²) in [5.74, 6) is 2.27. The summed E-state index contributed by atoms with van der Waals surface area (Å²) in [7, 11) is 0. The van der Waals surface area contributed by atoms with Crippen molar-refractivity contribution in [2.75, 3.05) is 19.6 Å². The lowest BCUT2D eigenvalue weighted by Gasteiger charge is -2.42. The van der Waals surface area contributed by atoms with Crippen LogP contribution in [-0.2, 0) is 17.9 Å². The maximum absolute atomic E-state index is 12.3. The molecular weight excluding hydrogens is 376 g/mol. The molecule has 30 heavy (non-hydrogen) atoms. The van der Waals surface area contributed by atoms with Crippen molar-refractivity contribution in [2.24, 2.45) is 0 Å². The number of ether oxygens (including phenoxy) is 1. The second kappa shape index (κ2) is 8.34. The predicted molar refractivity (Wildman–Crippen MR) is 116 cm³/mol. The minimum Gasteiger partial charge on any atom is -0.485 e. The zero-order valence-electron chi connectivity index (χ0n) is 18.5. The molecule has 3 heterocycles. The number of benzene rings is 1. The molecule has 1 fully saturated rings. The zero-order chi connectivity index (χ0) is 21.3. The van der Waals surface area contributed by atoms with E-state index in [4.69, 9.17) is 4.74 Å². The Bertz CT molecular complexity index is 902. The van der Waals surface area contributed by atoms with E-state index in [1.165, 1.54) is 5.56 Å². The van der Waals surface area contributed by atoms with Gasteiger partial charge in [-0.25, -0.2) is 9.97 Å². The fraction of sp³-hybridized carbons (Fsp3) is 0.542. The van der Waals surface area contributed by atoms with E-state index >= 15 is 0 Å². The molecule has 0 unspecified atom stereocenters. The van der Waals surface area contributed by atoms with E-state index < -0.39 is 0 Å². The number of aryl methyl sites for hydroxylation is 1. The molecule has 1 aromatic heterocycles. The molecule has 0 atom stereocenters. The average molecular weight is 409 g/mol. The molecule has 0 radical (unpaired) electrons. The van der Waals surface area contributed by atoms with Gasteiger partial charge in [-0.05, 0) is 13.0 Å². The van der Waals surface area contributed by atoms with Crippen LogP contribution in [0.25, 0.3) is 0 Å². The molecule has 1 spiro atoms. The summed E-state index contributed by atoms with van der Waals surface area (Å²) in [6, 6.07) is 6.29. The van der Waals surface area contributed by atoms with Crippen molar-refractivity contribution in [3.8, 4) is 5.75 Å².